The largest absolute Gasteiger partial charge is 0.481 e. The van der Waals surface area contributed by atoms with Crippen LogP contribution in [-0.2, 0) is 28.9 Å². The molecule has 4 nitrogen and oxygen atoms in total. The Balaban J connectivity index is 1.67. The summed E-state index contributed by atoms with van der Waals surface area (Å²) in [4.78, 5) is 23.4. The predicted molar refractivity (Wildman–Crippen MR) is 97.9 cm³/mol. The summed E-state index contributed by atoms with van der Waals surface area (Å²) in [5.41, 5.74) is 5.11. The maximum atomic E-state index is 12.3. The highest BCUT2D eigenvalue weighted by Crippen LogP contribution is 2.23. The van der Waals surface area contributed by atoms with Gasteiger partial charge in [-0.05, 0) is 67.0 Å². The second-order valence-electron chi connectivity index (χ2n) is 6.72. The number of carboxylic acids is 1. The van der Waals surface area contributed by atoms with Crippen LogP contribution in [0.4, 0.5) is 5.69 Å². The normalized spacial score (nSPS) is 14.4. The van der Waals surface area contributed by atoms with Crippen LogP contribution in [0.1, 0.15) is 47.9 Å². The minimum Gasteiger partial charge on any atom is -0.481 e. The third-order valence-corrected chi connectivity index (χ3v) is 4.82. The van der Waals surface area contributed by atoms with Gasteiger partial charge in [0.15, 0.2) is 0 Å². The maximum absolute atomic E-state index is 12.3. The van der Waals surface area contributed by atoms with Gasteiger partial charge in [-0.1, -0.05) is 30.3 Å². The van der Waals surface area contributed by atoms with Gasteiger partial charge in [-0.15, -0.1) is 0 Å². The van der Waals surface area contributed by atoms with Crippen molar-refractivity contribution < 1.29 is 14.7 Å². The molecule has 1 amide bonds. The lowest BCUT2D eigenvalue weighted by atomic mass is 9.90. The maximum Gasteiger partial charge on any atom is 0.310 e. The molecule has 25 heavy (non-hydrogen) atoms. The van der Waals surface area contributed by atoms with Crippen molar-refractivity contribution in [2.45, 2.75) is 44.9 Å². The Bertz CT molecular complexity index is 797. The highest BCUT2D eigenvalue weighted by Gasteiger charge is 2.15. The van der Waals surface area contributed by atoms with Crippen LogP contribution in [0.25, 0.3) is 0 Å². The molecular weight excluding hydrogens is 314 g/mol. The first-order valence-corrected chi connectivity index (χ1v) is 8.76. The topological polar surface area (TPSA) is 66.4 Å². The van der Waals surface area contributed by atoms with Crippen molar-refractivity contribution in [2.24, 2.45) is 0 Å². The van der Waals surface area contributed by atoms with Crippen LogP contribution in [0, 0.1) is 0 Å². The first-order chi connectivity index (χ1) is 12.0. The molecule has 0 radical (unpaired) electrons. The monoisotopic (exact) mass is 337 g/mol. The number of hydrogen-bond donors (Lipinski definition) is 2. The number of nitrogens with one attached hydrogen (secondary N) is 1. The minimum atomic E-state index is -0.877. The highest BCUT2D eigenvalue weighted by molar-refractivity contribution is 5.92. The van der Waals surface area contributed by atoms with Gasteiger partial charge >= 0.3 is 5.97 Å². The number of amides is 1. The average Bonchev–Trinajstić information content (AvgIpc) is 2.61. The number of aryl methyl sites for hydroxylation is 2. The third kappa shape index (κ3) is 4.27. The summed E-state index contributed by atoms with van der Waals surface area (Å²) < 4.78 is 0. The minimum absolute atomic E-state index is 0.0871. The lowest BCUT2D eigenvalue weighted by molar-refractivity contribution is -0.138. The van der Waals surface area contributed by atoms with Gasteiger partial charge in [0.2, 0.25) is 5.91 Å². The molecule has 0 saturated heterocycles. The van der Waals surface area contributed by atoms with E-state index >= 15 is 0 Å². The van der Waals surface area contributed by atoms with Gasteiger partial charge in [-0.2, -0.15) is 0 Å². The number of fused-ring (bicyclic) bond motifs is 1. The van der Waals surface area contributed by atoms with Crippen LogP contribution in [0.15, 0.2) is 42.5 Å². The number of anilines is 1. The fourth-order valence-corrected chi connectivity index (χ4v) is 3.32. The average molecular weight is 337 g/mol. The number of rotatable bonds is 5. The Morgan fingerprint density at radius 2 is 1.84 bits per heavy atom. The van der Waals surface area contributed by atoms with Crippen LogP contribution in [0.2, 0.25) is 0 Å². The summed E-state index contributed by atoms with van der Waals surface area (Å²) in [5.74, 6) is -1.56. The van der Waals surface area contributed by atoms with Crippen LogP contribution < -0.4 is 5.32 Å². The van der Waals surface area contributed by atoms with E-state index in [1.165, 1.54) is 24.0 Å². The molecule has 2 aromatic rings. The van der Waals surface area contributed by atoms with E-state index in [1.807, 2.05) is 6.07 Å². The smallest absolute Gasteiger partial charge is 0.310 e. The Kier molecular flexibility index (Phi) is 5.17. The molecule has 130 valence electrons. The van der Waals surface area contributed by atoms with E-state index in [-0.39, 0.29) is 5.91 Å². The van der Waals surface area contributed by atoms with Crippen LogP contribution >= 0.6 is 0 Å². The molecule has 0 bridgehead atoms. The number of carbonyl (C=O) groups is 2. The summed E-state index contributed by atoms with van der Waals surface area (Å²) in [7, 11) is 0. The van der Waals surface area contributed by atoms with E-state index in [2.05, 4.69) is 17.4 Å². The highest BCUT2D eigenvalue weighted by atomic mass is 16.4. The first-order valence-electron chi connectivity index (χ1n) is 8.76. The Hall–Kier alpha value is -2.62. The van der Waals surface area contributed by atoms with Gasteiger partial charge in [-0.3, -0.25) is 9.59 Å². The number of carbonyl (C=O) groups excluding carboxylic acids is 1. The molecule has 1 aliphatic carbocycles. The molecule has 2 N–H and O–H groups in total. The van der Waals surface area contributed by atoms with Crippen LogP contribution in [0.3, 0.4) is 0 Å². The Labute approximate surface area is 147 Å². The molecule has 0 aliphatic heterocycles. The van der Waals surface area contributed by atoms with Gasteiger partial charge in [0, 0.05) is 5.69 Å². The van der Waals surface area contributed by atoms with E-state index in [1.54, 1.807) is 31.2 Å². The molecular formula is C21H23NO3. The molecule has 0 spiro atoms. The van der Waals surface area contributed by atoms with Crippen LogP contribution in [-0.4, -0.2) is 17.0 Å². The molecule has 1 aliphatic rings. The van der Waals surface area contributed by atoms with Gasteiger partial charge in [0.1, 0.15) is 0 Å². The standard InChI is InChI=1S/C21H23NO3/c1-14(21(24)25)17-7-4-8-19(13-17)22-20(23)12-15-9-10-16-5-2-3-6-18(16)11-15/h4,7-11,13-14H,2-3,5-6,12H2,1H3,(H,22,23)(H,24,25). The van der Waals surface area contributed by atoms with E-state index in [0.29, 0.717) is 17.7 Å². The van der Waals surface area contributed by atoms with E-state index < -0.39 is 11.9 Å². The van der Waals surface area contributed by atoms with Crippen molar-refractivity contribution in [2.75, 3.05) is 5.32 Å². The SMILES string of the molecule is CC(C(=O)O)c1cccc(NC(=O)Cc2ccc3c(c2)CCCC3)c1. The van der Waals surface area contributed by atoms with Crippen molar-refractivity contribution in [1.82, 2.24) is 0 Å². The number of benzene rings is 2. The Morgan fingerprint density at radius 3 is 2.60 bits per heavy atom. The molecule has 0 saturated carbocycles. The van der Waals surface area contributed by atoms with Gasteiger partial charge in [-0.25, -0.2) is 0 Å². The van der Waals surface area contributed by atoms with Gasteiger partial charge in [0.25, 0.3) is 0 Å². The molecule has 4 heteroatoms. The van der Waals surface area contributed by atoms with Gasteiger partial charge in [0.05, 0.1) is 12.3 Å². The number of hydrogen-bond acceptors (Lipinski definition) is 2. The summed E-state index contributed by atoms with van der Waals surface area (Å²) in [6, 6.07) is 13.4. The van der Waals surface area contributed by atoms with E-state index in [0.717, 1.165) is 18.4 Å². The molecule has 2 aromatic carbocycles. The lowest BCUT2D eigenvalue weighted by Crippen LogP contribution is -2.15. The van der Waals surface area contributed by atoms with Crippen molar-refractivity contribution in [3.05, 3.63) is 64.7 Å². The molecule has 1 unspecified atom stereocenters. The molecule has 1 atom stereocenters. The van der Waals surface area contributed by atoms with Crippen molar-refractivity contribution in [3.63, 3.8) is 0 Å². The summed E-state index contributed by atoms with van der Waals surface area (Å²) in [5, 5.41) is 12.0. The number of carboxylic acid groups (broad SMARTS) is 1. The van der Waals surface area contributed by atoms with Crippen molar-refractivity contribution in [3.8, 4) is 0 Å². The molecule has 0 heterocycles. The zero-order valence-corrected chi connectivity index (χ0v) is 14.4. The summed E-state index contributed by atoms with van der Waals surface area (Å²) in [6.45, 7) is 1.64. The van der Waals surface area contributed by atoms with Gasteiger partial charge < -0.3 is 10.4 Å². The molecule has 0 fully saturated rings. The number of aliphatic carboxylic acids is 1. The lowest BCUT2D eigenvalue weighted by Gasteiger charge is -2.16. The van der Waals surface area contributed by atoms with Crippen molar-refractivity contribution >= 4 is 17.6 Å². The fraction of sp³-hybridized carbons (Fsp3) is 0.333. The van der Waals surface area contributed by atoms with Crippen molar-refractivity contribution in [1.29, 1.82) is 0 Å². The molecule has 3 rings (SSSR count). The second-order valence-corrected chi connectivity index (χ2v) is 6.72. The second kappa shape index (κ2) is 7.51. The zero-order valence-electron chi connectivity index (χ0n) is 14.4. The summed E-state index contributed by atoms with van der Waals surface area (Å²) >= 11 is 0. The van der Waals surface area contributed by atoms with E-state index in [4.69, 9.17) is 5.11 Å². The Morgan fingerprint density at radius 1 is 1.08 bits per heavy atom. The summed E-state index contributed by atoms with van der Waals surface area (Å²) in [6.07, 6.45) is 5.03. The zero-order chi connectivity index (χ0) is 17.8. The third-order valence-electron chi connectivity index (χ3n) is 4.82. The molecule has 0 aromatic heterocycles. The van der Waals surface area contributed by atoms with Crippen LogP contribution in [0.5, 0.6) is 0 Å². The fourth-order valence-electron chi connectivity index (χ4n) is 3.32. The van der Waals surface area contributed by atoms with E-state index in [9.17, 15) is 9.59 Å². The predicted octanol–water partition coefficient (Wildman–Crippen LogP) is 3.93. The first kappa shape index (κ1) is 17.2. The quantitative estimate of drug-likeness (QED) is 0.868.